The lowest BCUT2D eigenvalue weighted by molar-refractivity contribution is 0.161. The normalized spacial score (nSPS) is 19.1. The third kappa shape index (κ3) is 5.87. The molecule has 0 saturated heterocycles. The van der Waals surface area contributed by atoms with Gasteiger partial charge in [-0.05, 0) is 84.5 Å². The number of aryl methyl sites for hydroxylation is 2. The van der Waals surface area contributed by atoms with Crippen LogP contribution in [-0.2, 0) is 6.42 Å². The van der Waals surface area contributed by atoms with Crippen LogP contribution in [0.4, 0.5) is 0 Å². The van der Waals surface area contributed by atoms with Gasteiger partial charge >= 0.3 is 0 Å². The summed E-state index contributed by atoms with van der Waals surface area (Å²) >= 11 is 0. The first-order chi connectivity index (χ1) is 13.4. The summed E-state index contributed by atoms with van der Waals surface area (Å²) in [6.45, 7) is 16.8. The maximum absolute atomic E-state index is 2.62. The third-order valence-corrected chi connectivity index (χ3v) is 7.97. The Morgan fingerprint density at radius 2 is 1.68 bits per heavy atom. The lowest BCUT2D eigenvalue weighted by Crippen LogP contribution is -2.25. The van der Waals surface area contributed by atoms with Crippen molar-refractivity contribution >= 4 is 0 Å². The molecule has 160 valence electrons. The molecule has 0 heterocycles. The summed E-state index contributed by atoms with van der Waals surface area (Å²) < 4.78 is 0. The van der Waals surface area contributed by atoms with Crippen LogP contribution in [0.5, 0.6) is 0 Å². The Morgan fingerprint density at radius 3 is 2.21 bits per heavy atom. The van der Waals surface area contributed by atoms with Crippen molar-refractivity contribution in [3.8, 4) is 0 Å². The predicted octanol–water partition coefficient (Wildman–Crippen LogP) is 9.20. The van der Waals surface area contributed by atoms with Crippen molar-refractivity contribution in [1.29, 1.82) is 0 Å². The Hall–Kier alpha value is -0.780. The van der Waals surface area contributed by atoms with Gasteiger partial charge in [-0.1, -0.05) is 92.2 Å². The third-order valence-electron chi connectivity index (χ3n) is 7.97. The maximum Gasteiger partial charge on any atom is -0.0162 e. The average molecular weight is 385 g/mol. The number of benzene rings is 1. The van der Waals surface area contributed by atoms with E-state index >= 15 is 0 Å². The fourth-order valence-corrected chi connectivity index (χ4v) is 5.37. The van der Waals surface area contributed by atoms with Gasteiger partial charge < -0.3 is 0 Å². The van der Waals surface area contributed by atoms with Crippen LogP contribution in [0.2, 0.25) is 0 Å². The number of hydrogen-bond acceptors (Lipinski definition) is 0. The predicted molar refractivity (Wildman–Crippen MR) is 126 cm³/mol. The minimum atomic E-state index is 0.669. The molecular formula is C28H48. The Labute approximate surface area is 176 Å². The molecule has 1 fully saturated rings. The molecule has 2 rings (SSSR count). The van der Waals surface area contributed by atoms with Gasteiger partial charge in [0.25, 0.3) is 0 Å². The van der Waals surface area contributed by atoms with Crippen LogP contribution >= 0.6 is 0 Å². The standard InChI is InChI=1S/C28H48/c1-8-11-14-26-18-22(6)27(19-28(26)20(4)10-3)23(7)21(5)17-25(13-9-2)24-15-12-16-24/h18-21,23-25H,8-17H2,1-7H3. The van der Waals surface area contributed by atoms with E-state index < -0.39 is 0 Å². The lowest BCUT2D eigenvalue weighted by Gasteiger charge is -2.37. The smallest absolute Gasteiger partial charge is 0.0162 e. The monoisotopic (exact) mass is 384 g/mol. The van der Waals surface area contributed by atoms with Crippen molar-refractivity contribution in [2.75, 3.05) is 0 Å². The zero-order valence-electron chi connectivity index (χ0n) is 20.1. The summed E-state index contributed by atoms with van der Waals surface area (Å²) in [6.07, 6.45) is 13.8. The molecule has 28 heavy (non-hydrogen) atoms. The topological polar surface area (TPSA) is 0 Å². The van der Waals surface area contributed by atoms with E-state index in [1.807, 2.05) is 0 Å². The molecule has 0 bridgehead atoms. The van der Waals surface area contributed by atoms with Gasteiger partial charge in [-0.15, -0.1) is 0 Å². The highest BCUT2D eigenvalue weighted by Crippen LogP contribution is 2.42. The SMILES string of the molecule is CCCCc1cc(C)c(C(C)C(C)CC(CCC)C2CCC2)cc1C(C)CC. The zero-order valence-corrected chi connectivity index (χ0v) is 20.1. The van der Waals surface area contributed by atoms with E-state index in [1.165, 1.54) is 69.8 Å². The molecule has 0 aliphatic heterocycles. The van der Waals surface area contributed by atoms with E-state index in [-0.39, 0.29) is 0 Å². The van der Waals surface area contributed by atoms with Gasteiger partial charge in [0.2, 0.25) is 0 Å². The van der Waals surface area contributed by atoms with E-state index in [9.17, 15) is 0 Å². The van der Waals surface area contributed by atoms with Crippen molar-refractivity contribution in [2.45, 2.75) is 125 Å². The van der Waals surface area contributed by atoms with Gasteiger partial charge in [-0.3, -0.25) is 0 Å². The van der Waals surface area contributed by atoms with E-state index in [4.69, 9.17) is 0 Å². The molecule has 0 radical (unpaired) electrons. The van der Waals surface area contributed by atoms with Crippen LogP contribution in [-0.4, -0.2) is 0 Å². The van der Waals surface area contributed by atoms with Crippen LogP contribution in [0.3, 0.4) is 0 Å². The Bertz CT molecular complexity index is 580. The van der Waals surface area contributed by atoms with Gasteiger partial charge in [0.05, 0.1) is 0 Å². The van der Waals surface area contributed by atoms with E-state index in [0.717, 1.165) is 17.8 Å². The van der Waals surface area contributed by atoms with Gasteiger partial charge in [-0.2, -0.15) is 0 Å². The molecule has 0 amide bonds. The molecule has 0 spiro atoms. The van der Waals surface area contributed by atoms with Crippen molar-refractivity contribution < 1.29 is 0 Å². The molecule has 0 heteroatoms. The van der Waals surface area contributed by atoms with Crippen LogP contribution in [0.15, 0.2) is 12.1 Å². The van der Waals surface area contributed by atoms with Crippen LogP contribution in [0, 0.1) is 24.7 Å². The molecule has 1 saturated carbocycles. The highest BCUT2D eigenvalue weighted by Gasteiger charge is 2.29. The number of unbranched alkanes of at least 4 members (excludes halogenated alkanes) is 1. The van der Waals surface area contributed by atoms with Crippen molar-refractivity contribution in [3.63, 3.8) is 0 Å². The minimum absolute atomic E-state index is 0.669. The second-order valence-electron chi connectivity index (χ2n) is 10.1. The van der Waals surface area contributed by atoms with E-state index in [1.54, 1.807) is 16.7 Å². The first-order valence-corrected chi connectivity index (χ1v) is 12.6. The quantitative estimate of drug-likeness (QED) is 0.337. The fraction of sp³-hybridized carbons (Fsp3) is 0.786. The first kappa shape index (κ1) is 23.5. The molecule has 0 N–H and O–H groups in total. The fourth-order valence-electron chi connectivity index (χ4n) is 5.37. The molecule has 0 nitrogen and oxygen atoms in total. The highest BCUT2D eigenvalue weighted by atomic mass is 14.3. The summed E-state index contributed by atoms with van der Waals surface area (Å²) in [5, 5.41) is 0. The van der Waals surface area contributed by atoms with E-state index in [2.05, 4.69) is 60.6 Å². The number of hydrogen-bond donors (Lipinski definition) is 0. The second-order valence-corrected chi connectivity index (χ2v) is 10.1. The summed E-state index contributed by atoms with van der Waals surface area (Å²) in [7, 11) is 0. The van der Waals surface area contributed by atoms with Gasteiger partial charge in [0.1, 0.15) is 0 Å². The van der Waals surface area contributed by atoms with E-state index in [0.29, 0.717) is 11.8 Å². The Kier molecular flexibility index (Phi) is 9.58. The average Bonchev–Trinajstić information content (AvgIpc) is 2.63. The van der Waals surface area contributed by atoms with Crippen molar-refractivity contribution in [2.24, 2.45) is 17.8 Å². The largest absolute Gasteiger partial charge is 0.0654 e. The van der Waals surface area contributed by atoms with Gasteiger partial charge in [-0.25, -0.2) is 0 Å². The summed E-state index contributed by atoms with van der Waals surface area (Å²) in [4.78, 5) is 0. The highest BCUT2D eigenvalue weighted by molar-refractivity contribution is 5.41. The molecule has 4 atom stereocenters. The van der Waals surface area contributed by atoms with Crippen LogP contribution in [0.25, 0.3) is 0 Å². The molecule has 1 aliphatic carbocycles. The molecule has 1 aromatic rings. The van der Waals surface area contributed by atoms with Crippen LogP contribution < -0.4 is 0 Å². The summed E-state index contributed by atoms with van der Waals surface area (Å²) in [5.74, 6) is 4.12. The van der Waals surface area contributed by atoms with Gasteiger partial charge in [0.15, 0.2) is 0 Å². The summed E-state index contributed by atoms with van der Waals surface area (Å²) in [6, 6.07) is 5.17. The maximum atomic E-state index is 2.62. The lowest BCUT2D eigenvalue weighted by atomic mass is 9.69. The zero-order chi connectivity index (χ0) is 20.7. The molecular weight excluding hydrogens is 336 g/mol. The Balaban J connectivity index is 2.21. The van der Waals surface area contributed by atoms with Crippen molar-refractivity contribution in [1.82, 2.24) is 0 Å². The Morgan fingerprint density at radius 1 is 0.964 bits per heavy atom. The van der Waals surface area contributed by atoms with Crippen LogP contribution in [0.1, 0.15) is 133 Å². The molecule has 1 aliphatic rings. The van der Waals surface area contributed by atoms with Crippen molar-refractivity contribution in [3.05, 3.63) is 34.4 Å². The first-order valence-electron chi connectivity index (χ1n) is 12.6. The minimum Gasteiger partial charge on any atom is -0.0654 e. The molecule has 4 unspecified atom stereocenters. The number of rotatable bonds is 12. The molecule has 1 aromatic carbocycles. The van der Waals surface area contributed by atoms with Gasteiger partial charge in [0, 0.05) is 0 Å². The summed E-state index contributed by atoms with van der Waals surface area (Å²) in [5.41, 5.74) is 6.43. The second kappa shape index (κ2) is 11.4. The molecule has 0 aromatic heterocycles.